The van der Waals surface area contributed by atoms with E-state index in [4.69, 9.17) is 4.74 Å². The fourth-order valence-electron chi connectivity index (χ4n) is 2.06. The monoisotopic (exact) mass is 361 g/mol. The number of guanidine groups is 1. The van der Waals surface area contributed by atoms with Crippen LogP contribution in [-0.4, -0.2) is 44.1 Å². The maximum absolute atomic E-state index is 12.0. The number of hydrogen-bond acceptors (Lipinski definition) is 5. The van der Waals surface area contributed by atoms with Gasteiger partial charge in [-0.3, -0.25) is 9.79 Å². The van der Waals surface area contributed by atoms with Crippen LogP contribution in [0.15, 0.2) is 35.5 Å². The molecular formula is C17H23N5O2S. The van der Waals surface area contributed by atoms with Gasteiger partial charge in [0, 0.05) is 36.8 Å². The molecule has 0 saturated heterocycles. The first-order valence-corrected chi connectivity index (χ1v) is 8.72. The number of methoxy groups -OCH3 is 1. The number of ether oxygens (including phenoxy) is 1. The molecule has 0 unspecified atom stereocenters. The van der Waals surface area contributed by atoms with Crippen LogP contribution in [0.4, 0.5) is 0 Å². The van der Waals surface area contributed by atoms with E-state index in [-0.39, 0.29) is 5.91 Å². The van der Waals surface area contributed by atoms with E-state index in [1.807, 2.05) is 13.1 Å². The lowest BCUT2D eigenvalue weighted by atomic mass is 10.2. The Morgan fingerprint density at radius 2 is 1.92 bits per heavy atom. The second-order valence-corrected chi connectivity index (χ2v) is 6.52. The van der Waals surface area contributed by atoms with Gasteiger partial charge in [-0.25, -0.2) is 4.98 Å². The Morgan fingerprint density at radius 3 is 2.52 bits per heavy atom. The van der Waals surface area contributed by atoms with Crippen molar-refractivity contribution in [1.82, 2.24) is 20.9 Å². The molecule has 1 heterocycles. The highest BCUT2D eigenvalue weighted by Gasteiger charge is 2.05. The summed E-state index contributed by atoms with van der Waals surface area (Å²) in [5.41, 5.74) is 0.599. The van der Waals surface area contributed by atoms with Gasteiger partial charge in [0.2, 0.25) is 0 Å². The molecule has 0 bridgehead atoms. The average Bonchev–Trinajstić information content (AvgIpc) is 3.06. The SMILES string of the molecule is CN=C(NCCNC(=O)c1ccc(OC)cc1)NCc1ncc(C)s1. The topological polar surface area (TPSA) is 87.6 Å². The Bertz CT molecular complexity index is 712. The van der Waals surface area contributed by atoms with Crippen LogP contribution >= 0.6 is 11.3 Å². The lowest BCUT2D eigenvalue weighted by molar-refractivity contribution is 0.0954. The summed E-state index contributed by atoms with van der Waals surface area (Å²) in [6.07, 6.45) is 1.85. The molecule has 0 radical (unpaired) electrons. The molecule has 7 nitrogen and oxygen atoms in total. The predicted molar refractivity (Wildman–Crippen MR) is 100 cm³/mol. The van der Waals surface area contributed by atoms with Crippen molar-refractivity contribution in [3.63, 3.8) is 0 Å². The number of nitrogens with one attached hydrogen (secondary N) is 3. The van der Waals surface area contributed by atoms with Gasteiger partial charge < -0.3 is 20.7 Å². The van der Waals surface area contributed by atoms with Crippen molar-refractivity contribution in [2.24, 2.45) is 4.99 Å². The summed E-state index contributed by atoms with van der Waals surface area (Å²) in [6.45, 7) is 3.70. The van der Waals surface area contributed by atoms with E-state index in [1.54, 1.807) is 49.8 Å². The summed E-state index contributed by atoms with van der Waals surface area (Å²) in [5.74, 6) is 1.28. The zero-order valence-corrected chi connectivity index (χ0v) is 15.4. The van der Waals surface area contributed by atoms with Gasteiger partial charge in [0.15, 0.2) is 5.96 Å². The summed E-state index contributed by atoms with van der Waals surface area (Å²) in [5, 5.41) is 10.2. The molecule has 1 amide bonds. The summed E-state index contributed by atoms with van der Waals surface area (Å²) >= 11 is 1.65. The van der Waals surface area contributed by atoms with Gasteiger partial charge in [-0.2, -0.15) is 0 Å². The maximum Gasteiger partial charge on any atom is 0.251 e. The number of aromatic nitrogens is 1. The Balaban J connectivity index is 1.68. The quantitative estimate of drug-likeness (QED) is 0.396. The molecule has 3 N–H and O–H groups in total. The summed E-state index contributed by atoms with van der Waals surface area (Å²) in [7, 11) is 3.30. The Hall–Kier alpha value is -2.61. The minimum atomic E-state index is -0.120. The molecule has 0 fully saturated rings. The van der Waals surface area contributed by atoms with Crippen molar-refractivity contribution in [3.8, 4) is 5.75 Å². The molecule has 1 aromatic heterocycles. The van der Waals surface area contributed by atoms with E-state index in [1.165, 1.54) is 4.88 Å². The van der Waals surface area contributed by atoms with E-state index in [0.717, 1.165) is 10.8 Å². The Labute approximate surface area is 151 Å². The fourth-order valence-corrected chi connectivity index (χ4v) is 2.79. The largest absolute Gasteiger partial charge is 0.497 e. The molecule has 134 valence electrons. The summed E-state index contributed by atoms with van der Waals surface area (Å²) in [4.78, 5) is 21.7. The number of hydrogen-bond donors (Lipinski definition) is 3. The predicted octanol–water partition coefficient (Wildman–Crippen LogP) is 1.56. The number of aryl methyl sites for hydroxylation is 1. The van der Waals surface area contributed by atoms with Gasteiger partial charge in [-0.15, -0.1) is 11.3 Å². The standard InChI is InChI=1S/C17H23N5O2S/c1-12-10-21-15(25-12)11-22-17(18-2)20-9-8-19-16(23)13-4-6-14(24-3)7-5-13/h4-7,10H,8-9,11H2,1-3H3,(H,19,23)(H2,18,20,22). The first kappa shape index (κ1) is 18.7. The zero-order chi connectivity index (χ0) is 18.1. The molecule has 8 heteroatoms. The molecule has 0 aliphatic heterocycles. The smallest absolute Gasteiger partial charge is 0.251 e. The number of nitrogens with zero attached hydrogens (tertiary/aromatic N) is 2. The van der Waals surface area contributed by atoms with Gasteiger partial charge in [0.25, 0.3) is 5.91 Å². The number of carbonyl (C=O) groups excluding carboxylic acids is 1. The number of rotatable bonds is 7. The van der Waals surface area contributed by atoms with Crippen LogP contribution in [0.5, 0.6) is 5.75 Å². The van der Waals surface area contributed by atoms with Crippen LogP contribution in [0.25, 0.3) is 0 Å². The van der Waals surface area contributed by atoms with Gasteiger partial charge in [-0.05, 0) is 31.2 Å². The van der Waals surface area contributed by atoms with E-state index in [9.17, 15) is 4.79 Å². The third-order valence-electron chi connectivity index (χ3n) is 3.36. The minimum Gasteiger partial charge on any atom is -0.497 e. The second-order valence-electron chi connectivity index (χ2n) is 5.20. The molecule has 0 aliphatic carbocycles. The van der Waals surface area contributed by atoms with Gasteiger partial charge >= 0.3 is 0 Å². The number of carbonyl (C=O) groups is 1. The van der Waals surface area contributed by atoms with Crippen molar-refractivity contribution >= 4 is 23.2 Å². The highest BCUT2D eigenvalue weighted by molar-refractivity contribution is 7.11. The average molecular weight is 361 g/mol. The second kappa shape index (κ2) is 9.63. The van der Waals surface area contributed by atoms with Gasteiger partial charge in [0.1, 0.15) is 10.8 Å². The molecule has 0 aliphatic rings. The van der Waals surface area contributed by atoms with Gasteiger partial charge in [-0.1, -0.05) is 0 Å². The van der Waals surface area contributed by atoms with Crippen molar-refractivity contribution in [2.75, 3.05) is 27.2 Å². The Kier molecular flexibility index (Phi) is 7.21. The third kappa shape index (κ3) is 6.07. The highest BCUT2D eigenvalue weighted by Crippen LogP contribution is 2.11. The van der Waals surface area contributed by atoms with E-state index in [2.05, 4.69) is 25.9 Å². The van der Waals surface area contributed by atoms with Crippen molar-refractivity contribution in [2.45, 2.75) is 13.5 Å². The van der Waals surface area contributed by atoms with E-state index in [0.29, 0.717) is 31.2 Å². The maximum atomic E-state index is 12.0. The van der Waals surface area contributed by atoms with Crippen LogP contribution in [0.3, 0.4) is 0 Å². The first-order chi connectivity index (χ1) is 12.1. The Morgan fingerprint density at radius 1 is 1.20 bits per heavy atom. The zero-order valence-electron chi connectivity index (χ0n) is 14.6. The molecular weight excluding hydrogens is 338 g/mol. The molecule has 0 saturated carbocycles. The van der Waals surface area contributed by atoms with Crippen molar-refractivity contribution in [3.05, 3.63) is 45.9 Å². The first-order valence-electron chi connectivity index (χ1n) is 7.90. The fraction of sp³-hybridized carbons (Fsp3) is 0.353. The number of amides is 1. The van der Waals surface area contributed by atoms with E-state index < -0.39 is 0 Å². The van der Waals surface area contributed by atoms with Crippen LogP contribution in [0.2, 0.25) is 0 Å². The normalized spacial score (nSPS) is 11.1. The minimum absolute atomic E-state index is 0.120. The molecule has 0 spiro atoms. The molecule has 1 aromatic carbocycles. The third-order valence-corrected chi connectivity index (χ3v) is 4.27. The van der Waals surface area contributed by atoms with Crippen LogP contribution in [-0.2, 0) is 6.54 Å². The lowest BCUT2D eigenvalue weighted by Crippen LogP contribution is -2.41. The summed E-state index contributed by atoms with van der Waals surface area (Å²) < 4.78 is 5.08. The molecule has 0 atom stereocenters. The number of aliphatic imine (C=N–C) groups is 1. The van der Waals surface area contributed by atoms with Gasteiger partial charge in [0.05, 0.1) is 13.7 Å². The van der Waals surface area contributed by atoms with Crippen LogP contribution in [0, 0.1) is 6.92 Å². The molecule has 25 heavy (non-hydrogen) atoms. The lowest BCUT2D eigenvalue weighted by Gasteiger charge is -2.11. The molecule has 2 rings (SSSR count). The highest BCUT2D eigenvalue weighted by atomic mass is 32.1. The summed E-state index contributed by atoms with van der Waals surface area (Å²) in [6, 6.07) is 6.99. The van der Waals surface area contributed by atoms with Crippen molar-refractivity contribution in [1.29, 1.82) is 0 Å². The van der Waals surface area contributed by atoms with Crippen LogP contribution < -0.4 is 20.7 Å². The van der Waals surface area contributed by atoms with Crippen LogP contribution in [0.1, 0.15) is 20.2 Å². The molecule has 2 aromatic rings. The van der Waals surface area contributed by atoms with E-state index >= 15 is 0 Å². The van der Waals surface area contributed by atoms with Crippen molar-refractivity contribution < 1.29 is 9.53 Å². The number of thiazole rings is 1. The number of benzene rings is 1.